The number of nitrogens with one attached hydrogen (secondary N) is 1. The van der Waals surface area contributed by atoms with Gasteiger partial charge in [0, 0.05) is 30.3 Å². The summed E-state index contributed by atoms with van der Waals surface area (Å²) in [6.07, 6.45) is 7.75. The van der Waals surface area contributed by atoms with Crippen molar-refractivity contribution in [3.05, 3.63) is 29.8 Å². The SMILES string of the molecule is O=C(Nc1ccc(C(=O)N2CCCC2)cc1)C1CCCCC1. The Bertz CT molecular complexity index is 527. The van der Waals surface area contributed by atoms with Gasteiger partial charge in [-0.05, 0) is 49.9 Å². The number of anilines is 1. The smallest absolute Gasteiger partial charge is 0.253 e. The van der Waals surface area contributed by atoms with E-state index in [1.165, 1.54) is 6.42 Å². The van der Waals surface area contributed by atoms with Crippen molar-refractivity contribution in [3.63, 3.8) is 0 Å². The molecule has 1 aliphatic carbocycles. The summed E-state index contributed by atoms with van der Waals surface area (Å²) >= 11 is 0. The second-order valence-corrected chi connectivity index (χ2v) is 6.40. The molecule has 0 bridgehead atoms. The number of carbonyl (C=O) groups is 2. The van der Waals surface area contributed by atoms with Crippen LogP contribution in [-0.4, -0.2) is 29.8 Å². The fourth-order valence-corrected chi connectivity index (χ4v) is 3.41. The minimum atomic E-state index is 0.0997. The Morgan fingerprint density at radius 1 is 0.909 bits per heavy atom. The summed E-state index contributed by atoms with van der Waals surface area (Å²) in [6.45, 7) is 1.72. The largest absolute Gasteiger partial charge is 0.339 e. The molecule has 0 aromatic heterocycles. The number of hydrogen-bond donors (Lipinski definition) is 1. The lowest BCUT2D eigenvalue weighted by Crippen LogP contribution is -2.27. The van der Waals surface area contributed by atoms with Crippen LogP contribution in [0, 0.1) is 5.92 Å². The maximum absolute atomic E-state index is 12.3. The highest BCUT2D eigenvalue weighted by molar-refractivity contribution is 5.96. The summed E-state index contributed by atoms with van der Waals surface area (Å²) in [5.74, 6) is 0.376. The molecule has 1 heterocycles. The molecule has 4 nitrogen and oxygen atoms in total. The molecule has 1 aromatic rings. The lowest BCUT2D eigenvalue weighted by atomic mass is 9.88. The zero-order chi connectivity index (χ0) is 15.4. The van der Waals surface area contributed by atoms with Crippen LogP contribution in [0.15, 0.2) is 24.3 Å². The molecule has 0 unspecified atom stereocenters. The number of amides is 2. The Labute approximate surface area is 131 Å². The van der Waals surface area contributed by atoms with Crippen molar-refractivity contribution in [2.45, 2.75) is 44.9 Å². The van der Waals surface area contributed by atoms with Gasteiger partial charge in [0.15, 0.2) is 0 Å². The van der Waals surface area contributed by atoms with Gasteiger partial charge in [0.1, 0.15) is 0 Å². The van der Waals surface area contributed by atoms with Crippen molar-refractivity contribution in [1.82, 2.24) is 4.90 Å². The number of hydrogen-bond acceptors (Lipinski definition) is 2. The maximum Gasteiger partial charge on any atom is 0.253 e. The van der Waals surface area contributed by atoms with E-state index >= 15 is 0 Å². The van der Waals surface area contributed by atoms with E-state index in [9.17, 15) is 9.59 Å². The van der Waals surface area contributed by atoms with Gasteiger partial charge < -0.3 is 10.2 Å². The monoisotopic (exact) mass is 300 g/mol. The molecule has 2 aliphatic rings. The normalized spacial score (nSPS) is 19.2. The lowest BCUT2D eigenvalue weighted by Gasteiger charge is -2.21. The van der Waals surface area contributed by atoms with Crippen LogP contribution in [0.2, 0.25) is 0 Å². The van der Waals surface area contributed by atoms with Crippen LogP contribution in [-0.2, 0) is 4.79 Å². The van der Waals surface area contributed by atoms with E-state index in [1.807, 2.05) is 29.2 Å². The van der Waals surface area contributed by atoms with Gasteiger partial charge in [-0.2, -0.15) is 0 Å². The molecule has 2 amide bonds. The van der Waals surface area contributed by atoms with Crippen molar-refractivity contribution >= 4 is 17.5 Å². The first kappa shape index (κ1) is 15.1. The summed E-state index contributed by atoms with van der Waals surface area (Å²) in [5, 5.41) is 2.98. The molecule has 1 N–H and O–H groups in total. The van der Waals surface area contributed by atoms with Gasteiger partial charge in [-0.3, -0.25) is 9.59 Å². The molecule has 1 aromatic carbocycles. The Morgan fingerprint density at radius 2 is 1.55 bits per heavy atom. The topological polar surface area (TPSA) is 49.4 Å². The third-order valence-corrected chi connectivity index (χ3v) is 4.77. The summed E-state index contributed by atoms with van der Waals surface area (Å²) in [4.78, 5) is 26.4. The molecule has 0 radical (unpaired) electrons. The highest BCUT2D eigenvalue weighted by Gasteiger charge is 2.22. The van der Waals surface area contributed by atoms with Gasteiger partial charge in [0.2, 0.25) is 5.91 Å². The average molecular weight is 300 g/mol. The van der Waals surface area contributed by atoms with E-state index < -0.39 is 0 Å². The van der Waals surface area contributed by atoms with Crippen LogP contribution in [0.5, 0.6) is 0 Å². The Balaban J connectivity index is 1.58. The second kappa shape index (κ2) is 6.95. The standard InChI is InChI=1S/C18H24N2O2/c21-17(14-6-2-1-3-7-14)19-16-10-8-15(9-11-16)18(22)20-12-4-5-13-20/h8-11,14H,1-7,12-13H2,(H,19,21). The van der Waals surface area contributed by atoms with E-state index in [0.717, 1.165) is 57.3 Å². The lowest BCUT2D eigenvalue weighted by molar-refractivity contribution is -0.120. The molecular formula is C18H24N2O2. The van der Waals surface area contributed by atoms with Gasteiger partial charge in [-0.15, -0.1) is 0 Å². The quantitative estimate of drug-likeness (QED) is 0.929. The number of likely N-dealkylation sites (tertiary alicyclic amines) is 1. The van der Waals surface area contributed by atoms with E-state index in [-0.39, 0.29) is 17.7 Å². The third kappa shape index (κ3) is 3.49. The number of benzene rings is 1. The van der Waals surface area contributed by atoms with E-state index in [4.69, 9.17) is 0 Å². The molecule has 3 rings (SSSR count). The van der Waals surface area contributed by atoms with Crippen LogP contribution >= 0.6 is 0 Å². The van der Waals surface area contributed by atoms with Crippen molar-refractivity contribution in [1.29, 1.82) is 0 Å². The molecule has 0 atom stereocenters. The van der Waals surface area contributed by atoms with Crippen LogP contribution in [0.1, 0.15) is 55.3 Å². The van der Waals surface area contributed by atoms with Crippen molar-refractivity contribution in [2.24, 2.45) is 5.92 Å². The first-order valence-corrected chi connectivity index (χ1v) is 8.44. The summed E-state index contributed by atoms with van der Waals surface area (Å²) in [6, 6.07) is 7.31. The summed E-state index contributed by atoms with van der Waals surface area (Å²) in [7, 11) is 0. The fraction of sp³-hybridized carbons (Fsp3) is 0.556. The van der Waals surface area contributed by atoms with Crippen LogP contribution in [0.3, 0.4) is 0 Å². The molecular weight excluding hydrogens is 276 g/mol. The fourth-order valence-electron chi connectivity index (χ4n) is 3.41. The Morgan fingerprint density at radius 3 is 2.18 bits per heavy atom. The minimum Gasteiger partial charge on any atom is -0.339 e. The number of carbonyl (C=O) groups excluding carboxylic acids is 2. The first-order valence-electron chi connectivity index (χ1n) is 8.44. The van der Waals surface area contributed by atoms with Crippen molar-refractivity contribution in [3.8, 4) is 0 Å². The summed E-state index contributed by atoms with van der Waals surface area (Å²) in [5.41, 5.74) is 1.49. The van der Waals surface area contributed by atoms with Crippen LogP contribution < -0.4 is 5.32 Å². The number of nitrogens with zero attached hydrogens (tertiary/aromatic N) is 1. The molecule has 2 fully saturated rings. The zero-order valence-electron chi connectivity index (χ0n) is 13.0. The zero-order valence-corrected chi connectivity index (χ0v) is 13.0. The number of rotatable bonds is 3. The minimum absolute atomic E-state index is 0.0997. The van der Waals surface area contributed by atoms with Gasteiger partial charge >= 0.3 is 0 Å². The van der Waals surface area contributed by atoms with Crippen LogP contribution in [0.4, 0.5) is 5.69 Å². The highest BCUT2D eigenvalue weighted by atomic mass is 16.2. The first-order chi connectivity index (χ1) is 10.7. The predicted molar refractivity (Wildman–Crippen MR) is 86.8 cm³/mol. The van der Waals surface area contributed by atoms with Gasteiger partial charge in [-0.1, -0.05) is 19.3 Å². The maximum atomic E-state index is 12.3. The van der Waals surface area contributed by atoms with Crippen molar-refractivity contribution in [2.75, 3.05) is 18.4 Å². The highest BCUT2D eigenvalue weighted by Crippen LogP contribution is 2.25. The Hall–Kier alpha value is -1.84. The third-order valence-electron chi connectivity index (χ3n) is 4.77. The van der Waals surface area contributed by atoms with Gasteiger partial charge in [-0.25, -0.2) is 0 Å². The predicted octanol–water partition coefficient (Wildman–Crippen LogP) is 3.44. The van der Waals surface area contributed by atoms with Crippen LogP contribution in [0.25, 0.3) is 0 Å². The molecule has 1 saturated heterocycles. The summed E-state index contributed by atoms with van der Waals surface area (Å²) < 4.78 is 0. The van der Waals surface area contributed by atoms with Gasteiger partial charge in [0.25, 0.3) is 5.91 Å². The molecule has 4 heteroatoms. The van der Waals surface area contributed by atoms with Crippen molar-refractivity contribution < 1.29 is 9.59 Å². The molecule has 1 aliphatic heterocycles. The average Bonchev–Trinajstić information content (AvgIpc) is 3.10. The molecule has 0 spiro atoms. The van der Waals surface area contributed by atoms with E-state index in [1.54, 1.807) is 0 Å². The molecule has 1 saturated carbocycles. The molecule has 118 valence electrons. The van der Waals surface area contributed by atoms with E-state index in [2.05, 4.69) is 5.32 Å². The second-order valence-electron chi connectivity index (χ2n) is 6.40. The van der Waals surface area contributed by atoms with E-state index in [0.29, 0.717) is 5.56 Å². The molecule has 22 heavy (non-hydrogen) atoms. The Kier molecular flexibility index (Phi) is 4.76. The van der Waals surface area contributed by atoms with Gasteiger partial charge in [0.05, 0.1) is 0 Å².